The van der Waals surface area contributed by atoms with Crippen LogP contribution in [0.1, 0.15) is 33.1 Å². The first-order valence-electron chi connectivity index (χ1n) is 5.37. The Morgan fingerprint density at radius 3 is 2.47 bits per heavy atom. The second kappa shape index (κ2) is 5.11. The van der Waals surface area contributed by atoms with E-state index in [4.69, 9.17) is 5.84 Å². The molecule has 15 heavy (non-hydrogen) atoms. The Kier molecular flexibility index (Phi) is 4.08. The van der Waals surface area contributed by atoms with Gasteiger partial charge in [0.25, 0.3) is 0 Å². The van der Waals surface area contributed by atoms with Gasteiger partial charge in [-0.3, -0.25) is 15.0 Å². The normalized spacial score (nSPS) is 30.7. The van der Waals surface area contributed by atoms with Crippen LogP contribution in [0.3, 0.4) is 0 Å². The monoisotopic (exact) mass is 213 g/mol. The average Bonchev–Trinajstić information content (AvgIpc) is 2.23. The zero-order valence-corrected chi connectivity index (χ0v) is 9.25. The molecule has 0 aromatic carbocycles. The molecule has 0 heterocycles. The molecule has 4 N–H and O–H groups in total. The van der Waals surface area contributed by atoms with Crippen LogP contribution in [0.4, 0.5) is 0 Å². The lowest BCUT2D eigenvalue weighted by atomic mass is 9.78. The van der Waals surface area contributed by atoms with Crippen molar-refractivity contribution < 1.29 is 9.59 Å². The highest BCUT2D eigenvalue weighted by molar-refractivity contribution is 6.34. The maximum absolute atomic E-state index is 11.3. The molecule has 0 radical (unpaired) electrons. The van der Waals surface area contributed by atoms with E-state index in [1.165, 1.54) is 6.42 Å². The van der Waals surface area contributed by atoms with Crippen LogP contribution in [0.5, 0.6) is 0 Å². The van der Waals surface area contributed by atoms with E-state index in [0.29, 0.717) is 11.8 Å². The highest BCUT2D eigenvalue weighted by Gasteiger charge is 2.29. The summed E-state index contributed by atoms with van der Waals surface area (Å²) >= 11 is 0. The Morgan fingerprint density at radius 2 is 1.87 bits per heavy atom. The summed E-state index contributed by atoms with van der Waals surface area (Å²) in [6.45, 7) is 4.28. The molecule has 1 fully saturated rings. The summed E-state index contributed by atoms with van der Waals surface area (Å²) in [7, 11) is 0. The summed E-state index contributed by atoms with van der Waals surface area (Å²) in [6, 6.07) is 0.0959. The van der Waals surface area contributed by atoms with Crippen molar-refractivity contribution in [3.05, 3.63) is 0 Å². The number of rotatable bonds is 1. The van der Waals surface area contributed by atoms with Gasteiger partial charge in [-0.25, -0.2) is 5.84 Å². The Morgan fingerprint density at radius 1 is 1.20 bits per heavy atom. The highest BCUT2D eigenvalue weighted by atomic mass is 16.2. The van der Waals surface area contributed by atoms with E-state index < -0.39 is 11.8 Å². The fourth-order valence-electron chi connectivity index (χ4n) is 2.09. The van der Waals surface area contributed by atoms with Crippen molar-refractivity contribution in [3.8, 4) is 0 Å². The van der Waals surface area contributed by atoms with Gasteiger partial charge in [-0.1, -0.05) is 26.7 Å². The molecule has 5 heteroatoms. The van der Waals surface area contributed by atoms with Crippen LogP contribution in [0.25, 0.3) is 0 Å². The van der Waals surface area contributed by atoms with E-state index in [1.54, 1.807) is 0 Å². The molecule has 3 atom stereocenters. The molecule has 2 amide bonds. The Labute approximate surface area is 89.8 Å². The fraction of sp³-hybridized carbons (Fsp3) is 0.800. The maximum atomic E-state index is 11.3. The first-order chi connectivity index (χ1) is 7.06. The van der Waals surface area contributed by atoms with Crippen LogP contribution in [-0.4, -0.2) is 17.9 Å². The van der Waals surface area contributed by atoms with E-state index in [2.05, 4.69) is 19.2 Å². The molecule has 0 aromatic rings. The number of amides is 2. The van der Waals surface area contributed by atoms with Crippen LogP contribution < -0.4 is 16.6 Å². The van der Waals surface area contributed by atoms with Gasteiger partial charge in [-0.15, -0.1) is 0 Å². The topological polar surface area (TPSA) is 84.2 Å². The molecule has 86 valence electrons. The number of nitrogens with one attached hydrogen (secondary N) is 2. The first kappa shape index (κ1) is 12.0. The van der Waals surface area contributed by atoms with Gasteiger partial charge < -0.3 is 5.32 Å². The third kappa shape index (κ3) is 2.92. The summed E-state index contributed by atoms with van der Waals surface area (Å²) in [4.78, 5) is 22.2. The third-order valence-electron chi connectivity index (χ3n) is 3.36. The molecular formula is C10H19N3O2. The number of carbonyl (C=O) groups is 2. The van der Waals surface area contributed by atoms with E-state index in [9.17, 15) is 9.59 Å². The van der Waals surface area contributed by atoms with Crippen LogP contribution >= 0.6 is 0 Å². The van der Waals surface area contributed by atoms with Gasteiger partial charge in [0.05, 0.1) is 0 Å². The molecule has 0 saturated heterocycles. The van der Waals surface area contributed by atoms with Gasteiger partial charge >= 0.3 is 11.8 Å². The Balaban J connectivity index is 2.50. The second-order valence-electron chi connectivity index (χ2n) is 4.32. The van der Waals surface area contributed by atoms with Crippen LogP contribution in [-0.2, 0) is 9.59 Å². The quantitative estimate of drug-likeness (QED) is 0.246. The van der Waals surface area contributed by atoms with Crippen molar-refractivity contribution in [2.45, 2.75) is 39.2 Å². The zero-order chi connectivity index (χ0) is 11.4. The number of hydrogen-bond acceptors (Lipinski definition) is 3. The standard InChI is InChI=1S/C10H19N3O2/c1-6-4-3-5-8(7(6)2)12-9(14)10(15)13-11/h6-8H,3-5,11H2,1-2H3,(H,12,14)(H,13,15). The Hall–Kier alpha value is -1.10. The van der Waals surface area contributed by atoms with Crippen molar-refractivity contribution in [2.75, 3.05) is 0 Å². The molecule has 0 spiro atoms. The largest absolute Gasteiger partial charge is 0.345 e. The Bertz CT molecular complexity index is 255. The van der Waals surface area contributed by atoms with Gasteiger partial charge in [0, 0.05) is 6.04 Å². The summed E-state index contributed by atoms with van der Waals surface area (Å²) < 4.78 is 0. The summed E-state index contributed by atoms with van der Waals surface area (Å²) in [5.41, 5.74) is 1.83. The predicted octanol–water partition coefficient (Wildman–Crippen LogP) is -0.0828. The molecule has 0 bridgehead atoms. The van der Waals surface area contributed by atoms with Gasteiger partial charge in [-0.2, -0.15) is 0 Å². The minimum Gasteiger partial charge on any atom is -0.345 e. The summed E-state index contributed by atoms with van der Waals surface area (Å²) in [6.07, 6.45) is 3.23. The molecule has 5 nitrogen and oxygen atoms in total. The maximum Gasteiger partial charge on any atom is 0.323 e. The molecule has 0 aliphatic heterocycles. The fourth-order valence-corrected chi connectivity index (χ4v) is 2.09. The molecule has 1 aliphatic carbocycles. The second-order valence-corrected chi connectivity index (χ2v) is 4.32. The lowest BCUT2D eigenvalue weighted by Gasteiger charge is -2.34. The molecular weight excluding hydrogens is 194 g/mol. The SMILES string of the molecule is CC1CCCC(NC(=O)C(=O)NN)C1C. The van der Waals surface area contributed by atoms with E-state index in [-0.39, 0.29) is 6.04 Å². The summed E-state index contributed by atoms with van der Waals surface area (Å²) in [5.74, 6) is 4.46. The lowest BCUT2D eigenvalue weighted by Crippen LogP contribution is -2.50. The lowest BCUT2D eigenvalue weighted by molar-refractivity contribution is -0.140. The number of hydrogen-bond donors (Lipinski definition) is 3. The van der Waals surface area contributed by atoms with E-state index in [0.717, 1.165) is 12.8 Å². The van der Waals surface area contributed by atoms with Crippen molar-refractivity contribution in [1.82, 2.24) is 10.7 Å². The van der Waals surface area contributed by atoms with Gasteiger partial charge in [0.1, 0.15) is 0 Å². The number of hydrazine groups is 1. The van der Waals surface area contributed by atoms with Crippen LogP contribution in [0.2, 0.25) is 0 Å². The number of carbonyl (C=O) groups excluding carboxylic acids is 2. The highest BCUT2D eigenvalue weighted by Crippen LogP contribution is 2.29. The van der Waals surface area contributed by atoms with Crippen LogP contribution in [0.15, 0.2) is 0 Å². The third-order valence-corrected chi connectivity index (χ3v) is 3.36. The van der Waals surface area contributed by atoms with Gasteiger partial charge in [0.15, 0.2) is 0 Å². The molecule has 1 rings (SSSR count). The average molecular weight is 213 g/mol. The van der Waals surface area contributed by atoms with Gasteiger partial charge in [-0.05, 0) is 18.3 Å². The minimum absolute atomic E-state index is 0.0959. The van der Waals surface area contributed by atoms with Crippen molar-refractivity contribution >= 4 is 11.8 Å². The molecule has 0 aromatic heterocycles. The molecule has 1 saturated carbocycles. The predicted molar refractivity (Wildman–Crippen MR) is 56.4 cm³/mol. The van der Waals surface area contributed by atoms with Gasteiger partial charge in [0.2, 0.25) is 0 Å². The van der Waals surface area contributed by atoms with Crippen molar-refractivity contribution in [3.63, 3.8) is 0 Å². The molecule has 1 aliphatic rings. The first-order valence-corrected chi connectivity index (χ1v) is 5.37. The summed E-state index contributed by atoms with van der Waals surface area (Å²) in [5, 5.41) is 2.72. The van der Waals surface area contributed by atoms with Crippen LogP contribution in [0, 0.1) is 11.8 Å². The molecule has 3 unspecified atom stereocenters. The number of nitrogens with two attached hydrogens (primary N) is 1. The smallest absolute Gasteiger partial charge is 0.323 e. The van der Waals surface area contributed by atoms with E-state index >= 15 is 0 Å². The minimum atomic E-state index is -0.777. The van der Waals surface area contributed by atoms with Crippen molar-refractivity contribution in [1.29, 1.82) is 0 Å². The van der Waals surface area contributed by atoms with E-state index in [1.807, 2.05) is 5.43 Å². The van der Waals surface area contributed by atoms with Crippen molar-refractivity contribution in [2.24, 2.45) is 17.7 Å². The zero-order valence-electron chi connectivity index (χ0n) is 9.25.